The van der Waals surface area contributed by atoms with E-state index in [2.05, 4.69) is 17.4 Å². The highest BCUT2D eigenvalue weighted by atomic mass is 32.2. The Bertz CT molecular complexity index is 1380. The molecule has 0 aromatic heterocycles. The number of sulfonamides is 1. The van der Waals surface area contributed by atoms with Crippen LogP contribution in [-0.2, 0) is 21.2 Å². The van der Waals surface area contributed by atoms with Crippen molar-refractivity contribution in [1.82, 2.24) is 9.21 Å². The summed E-state index contributed by atoms with van der Waals surface area (Å²) in [6, 6.07) is 20.2. The van der Waals surface area contributed by atoms with Crippen LogP contribution in [0.2, 0.25) is 0 Å². The van der Waals surface area contributed by atoms with Gasteiger partial charge in [-0.2, -0.15) is 4.31 Å². The number of benzene rings is 3. The molecule has 1 N–H and O–H groups in total. The molecule has 174 valence electrons. The van der Waals surface area contributed by atoms with Gasteiger partial charge < -0.3 is 10.2 Å². The second-order valence-corrected chi connectivity index (χ2v) is 10.5. The zero-order valence-electron chi connectivity index (χ0n) is 18.8. The third kappa shape index (κ3) is 4.10. The summed E-state index contributed by atoms with van der Waals surface area (Å²) in [6.07, 6.45) is 0.836. The van der Waals surface area contributed by atoms with Crippen molar-refractivity contribution in [3.63, 3.8) is 0 Å². The first-order valence-corrected chi connectivity index (χ1v) is 12.7. The minimum atomic E-state index is -3.68. The summed E-state index contributed by atoms with van der Waals surface area (Å²) in [5.74, 6) is -0.352. The van der Waals surface area contributed by atoms with Gasteiger partial charge in [-0.05, 0) is 65.1 Å². The van der Waals surface area contributed by atoms with Crippen LogP contribution in [0.4, 0.5) is 5.69 Å². The minimum absolute atomic E-state index is 0.0553. The van der Waals surface area contributed by atoms with E-state index in [4.69, 9.17) is 0 Å². The Morgan fingerprint density at radius 2 is 1.50 bits per heavy atom. The van der Waals surface area contributed by atoms with Crippen LogP contribution in [0.1, 0.15) is 28.4 Å². The van der Waals surface area contributed by atoms with E-state index in [1.54, 1.807) is 4.90 Å². The summed E-state index contributed by atoms with van der Waals surface area (Å²) < 4.78 is 27.3. The molecule has 0 spiro atoms. The van der Waals surface area contributed by atoms with Gasteiger partial charge in [-0.1, -0.05) is 30.3 Å². The van der Waals surface area contributed by atoms with E-state index in [1.807, 2.05) is 30.3 Å². The van der Waals surface area contributed by atoms with Crippen LogP contribution >= 0.6 is 0 Å². The van der Waals surface area contributed by atoms with Crippen molar-refractivity contribution in [2.24, 2.45) is 0 Å². The van der Waals surface area contributed by atoms with Crippen molar-refractivity contribution >= 4 is 27.5 Å². The predicted molar refractivity (Wildman–Crippen MR) is 130 cm³/mol. The van der Waals surface area contributed by atoms with Crippen molar-refractivity contribution in [3.8, 4) is 11.1 Å². The fourth-order valence-electron chi connectivity index (χ4n) is 4.60. The second kappa shape index (κ2) is 8.70. The number of carbonyl (C=O) groups is 2. The molecule has 0 bridgehead atoms. The number of fused-ring (bicyclic) bond motifs is 3. The lowest BCUT2D eigenvalue weighted by molar-refractivity contribution is -0.129. The summed E-state index contributed by atoms with van der Waals surface area (Å²) in [6.45, 7) is 2.75. The quantitative estimate of drug-likeness (QED) is 0.490. The van der Waals surface area contributed by atoms with E-state index in [9.17, 15) is 18.0 Å². The minimum Gasteiger partial charge on any atom is -0.340 e. The first kappa shape index (κ1) is 22.3. The molecule has 0 unspecified atom stereocenters. The zero-order valence-corrected chi connectivity index (χ0v) is 19.6. The maximum absolute atomic E-state index is 13.0. The van der Waals surface area contributed by atoms with Crippen LogP contribution in [0.25, 0.3) is 11.1 Å². The highest BCUT2D eigenvalue weighted by molar-refractivity contribution is 7.89. The molecular formula is C26H25N3O4S. The Hall–Kier alpha value is -3.49. The summed E-state index contributed by atoms with van der Waals surface area (Å²) in [5.41, 5.74) is 5.95. The van der Waals surface area contributed by atoms with Crippen molar-refractivity contribution in [3.05, 3.63) is 83.4 Å². The highest BCUT2D eigenvalue weighted by Crippen LogP contribution is 2.37. The Morgan fingerprint density at radius 1 is 0.824 bits per heavy atom. The number of nitrogens with zero attached hydrogens (tertiary/aromatic N) is 2. The molecule has 1 aliphatic heterocycles. The fraction of sp³-hybridized carbons (Fsp3) is 0.231. The summed E-state index contributed by atoms with van der Waals surface area (Å²) >= 11 is 0. The average molecular weight is 476 g/mol. The largest absolute Gasteiger partial charge is 0.340 e. The summed E-state index contributed by atoms with van der Waals surface area (Å²) in [5, 5.41) is 2.92. The van der Waals surface area contributed by atoms with E-state index in [-0.39, 0.29) is 29.8 Å². The molecule has 1 fully saturated rings. The number of hydrogen-bond donors (Lipinski definition) is 1. The molecule has 2 aliphatic rings. The number of amides is 2. The van der Waals surface area contributed by atoms with E-state index in [1.165, 1.54) is 57.7 Å². The van der Waals surface area contributed by atoms with Gasteiger partial charge in [-0.25, -0.2) is 8.42 Å². The van der Waals surface area contributed by atoms with E-state index in [0.29, 0.717) is 24.3 Å². The van der Waals surface area contributed by atoms with E-state index in [0.717, 1.165) is 6.42 Å². The predicted octanol–water partition coefficient (Wildman–Crippen LogP) is 3.36. The molecule has 3 aromatic carbocycles. The number of nitrogens with one attached hydrogen (secondary N) is 1. The molecule has 2 amide bonds. The molecule has 34 heavy (non-hydrogen) atoms. The van der Waals surface area contributed by atoms with Gasteiger partial charge in [0.1, 0.15) is 0 Å². The summed E-state index contributed by atoms with van der Waals surface area (Å²) in [4.78, 5) is 26.0. The zero-order chi connectivity index (χ0) is 23.9. The van der Waals surface area contributed by atoms with E-state index >= 15 is 0 Å². The maximum atomic E-state index is 13.0. The van der Waals surface area contributed by atoms with Gasteiger partial charge >= 0.3 is 0 Å². The second-order valence-electron chi connectivity index (χ2n) is 8.59. The van der Waals surface area contributed by atoms with Crippen molar-refractivity contribution in [1.29, 1.82) is 0 Å². The SMILES string of the molecule is CC(=O)N1CCN(S(=O)(=O)c2ccc(C(=O)Nc3ccc4c(c3)Cc3ccccc3-4)cc2)CC1. The lowest BCUT2D eigenvalue weighted by Gasteiger charge is -2.33. The van der Waals surface area contributed by atoms with Gasteiger partial charge in [0.25, 0.3) is 5.91 Å². The standard InChI is InChI=1S/C26H25N3O4S/c1-18(30)28-12-14-29(15-13-28)34(32,33)23-9-6-19(7-10-23)26(31)27-22-8-11-25-21(17-22)16-20-4-2-3-5-24(20)25/h2-11,17H,12-16H2,1H3,(H,27,31). The van der Waals surface area contributed by atoms with Crippen LogP contribution in [0.15, 0.2) is 71.6 Å². The molecule has 3 aromatic rings. The third-order valence-electron chi connectivity index (χ3n) is 6.49. The number of anilines is 1. The summed E-state index contributed by atoms with van der Waals surface area (Å²) in [7, 11) is -3.68. The molecule has 5 rings (SSSR count). The number of carbonyl (C=O) groups excluding carboxylic acids is 2. The average Bonchev–Trinajstić information content (AvgIpc) is 3.22. The van der Waals surface area contributed by atoms with Gasteiger partial charge in [0.15, 0.2) is 0 Å². The Labute approximate surface area is 199 Å². The monoisotopic (exact) mass is 475 g/mol. The first-order valence-electron chi connectivity index (χ1n) is 11.2. The Balaban J connectivity index is 1.27. The molecule has 1 heterocycles. The van der Waals surface area contributed by atoms with E-state index < -0.39 is 10.0 Å². The lowest BCUT2D eigenvalue weighted by atomic mass is 10.1. The van der Waals surface area contributed by atoms with Gasteiger partial charge in [0.2, 0.25) is 15.9 Å². The molecule has 1 aliphatic carbocycles. The van der Waals surface area contributed by atoms with Crippen molar-refractivity contribution < 1.29 is 18.0 Å². The van der Waals surface area contributed by atoms with Crippen molar-refractivity contribution in [2.75, 3.05) is 31.5 Å². The van der Waals surface area contributed by atoms with Crippen LogP contribution < -0.4 is 5.32 Å². The Kier molecular flexibility index (Phi) is 5.71. The molecule has 1 saturated heterocycles. The topological polar surface area (TPSA) is 86.8 Å². The van der Waals surface area contributed by atoms with Crippen LogP contribution in [0, 0.1) is 0 Å². The van der Waals surface area contributed by atoms with Gasteiger partial charge in [-0.3, -0.25) is 9.59 Å². The molecule has 0 saturated carbocycles. The van der Waals surface area contributed by atoms with Crippen molar-refractivity contribution in [2.45, 2.75) is 18.2 Å². The molecule has 7 nitrogen and oxygen atoms in total. The number of hydrogen-bond acceptors (Lipinski definition) is 4. The molecular weight excluding hydrogens is 450 g/mol. The van der Waals surface area contributed by atoms with Crippen LogP contribution in [-0.4, -0.2) is 55.6 Å². The van der Waals surface area contributed by atoms with Gasteiger partial charge in [0, 0.05) is 44.4 Å². The maximum Gasteiger partial charge on any atom is 0.255 e. The molecule has 0 atom stereocenters. The highest BCUT2D eigenvalue weighted by Gasteiger charge is 2.29. The smallest absolute Gasteiger partial charge is 0.255 e. The third-order valence-corrected chi connectivity index (χ3v) is 8.40. The van der Waals surface area contributed by atoms with Gasteiger partial charge in [-0.15, -0.1) is 0 Å². The van der Waals surface area contributed by atoms with Crippen LogP contribution in [0.5, 0.6) is 0 Å². The van der Waals surface area contributed by atoms with Gasteiger partial charge in [0.05, 0.1) is 4.90 Å². The molecule has 8 heteroatoms. The number of piperazine rings is 1. The number of rotatable bonds is 4. The first-order chi connectivity index (χ1) is 16.3. The lowest BCUT2D eigenvalue weighted by Crippen LogP contribution is -2.49. The Morgan fingerprint density at radius 3 is 2.21 bits per heavy atom. The fourth-order valence-corrected chi connectivity index (χ4v) is 6.02. The van der Waals surface area contributed by atoms with Crippen LogP contribution in [0.3, 0.4) is 0 Å². The molecule has 0 radical (unpaired) electrons. The normalized spacial score (nSPS) is 15.5.